The smallest absolute Gasteiger partial charge is 0.201 e. The van der Waals surface area contributed by atoms with Gasteiger partial charge in [0, 0.05) is 19.6 Å². The summed E-state index contributed by atoms with van der Waals surface area (Å²) in [6.45, 7) is 5.02. The fraction of sp³-hybridized carbons (Fsp3) is 0.500. The van der Waals surface area contributed by atoms with Gasteiger partial charge in [-0.15, -0.1) is 0 Å². The number of nitrogen functional groups attached to an aromatic ring is 2. The third kappa shape index (κ3) is 1.89. The van der Waals surface area contributed by atoms with Crippen molar-refractivity contribution in [3.63, 3.8) is 0 Å². The molecule has 0 bridgehead atoms. The van der Waals surface area contributed by atoms with Crippen LogP contribution in [0.15, 0.2) is 12.1 Å². The summed E-state index contributed by atoms with van der Waals surface area (Å²) in [5.74, 6) is 0.571. The Hall–Kier alpha value is -1.91. The summed E-state index contributed by atoms with van der Waals surface area (Å²) in [5, 5.41) is 0. The van der Waals surface area contributed by atoms with Crippen LogP contribution >= 0.6 is 0 Å². The van der Waals surface area contributed by atoms with Gasteiger partial charge in [0.05, 0.1) is 16.9 Å². The molecule has 5 nitrogen and oxygen atoms in total. The molecule has 1 aromatic heterocycles. The molecule has 5 heteroatoms. The average Bonchev–Trinajstić information content (AvgIpc) is 2.74. The van der Waals surface area contributed by atoms with Gasteiger partial charge in [0.1, 0.15) is 5.52 Å². The molecule has 0 saturated carbocycles. The van der Waals surface area contributed by atoms with Gasteiger partial charge in [-0.05, 0) is 38.3 Å². The van der Waals surface area contributed by atoms with Crippen LogP contribution in [-0.2, 0) is 6.54 Å². The van der Waals surface area contributed by atoms with Crippen LogP contribution in [0.5, 0.6) is 0 Å². The van der Waals surface area contributed by atoms with E-state index >= 15 is 0 Å². The van der Waals surface area contributed by atoms with Gasteiger partial charge >= 0.3 is 0 Å². The van der Waals surface area contributed by atoms with E-state index in [0.717, 1.165) is 42.0 Å². The van der Waals surface area contributed by atoms with E-state index in [1.54, 1.807) is 0 Å². The van der Waals surface area contributed by atoms with Crippen molar-refractivity contribution in [1.29, 1.82) is 0 Å². The molecule has 1 aliphatic rings. The third-order valence-corrected chi connectivity index (χ3v) is 3.94. The summed E-state index contributed by atoms with van der Waals surface area (Å²) in [6, 6.07) is 3.99. The topological polar surface area (TPSA) is 73.1 Å². The lowest BCUT2D eigenvalue weighted by Gasteiger charge is -2.30. The van der Waals surface area contributed by atoms with E-state index in [1.807, 2.05) is 16.7 Å². The highest BCUT2D eigenvalue weighted by Gasteiger charge is 2.19. The highest BCUT2D eigenvalue weighted by Crippen LogP contribution is 2.35. The van der Waals surface area contributed by atoms with Crippen LogP contribution in [0.1, 0.15) is 26.2 Å². The molecule has 4 N–H and O–H groups in total. The maximum Gasteiger partial charge on any atom is 0.201 e. The van der Waals surface area contributed by atoms with Crippen molar-refractivity contribution in [2.45, 2.75) is 32.7 Å². The fourth-order valence-corrected chi connectivity index (χ4v) is 2.99. The third-order valence-electron chi connectivity index (χ3n) is 3.94. The van der Waals surface area contributed by atoms with Crippen LogP contribution in [0.25, 0.3) is 11.0 Å². The van der Waals surface area contributed by atoms with Crippen molar-refractivity contribution in [2.75, 3.05) is 29.5 Å². The van der Waals surface area contributed by atoms with Crippen LogP contribution in [0, 0.1) is 0 Å². The molecular formula is C14H21N5. The molecule has 2 aromatic rings. The Labute approximate surface area is 113 Å². The minimum absolute atomic E-state index is 0.571. The summed E-state index contributed by atoms with van der Waals surface area (Å²) in [6.07, 6.45) is 3.75. The van der Waals surface area contributed by atoms with Crippen LogP contribution in [0.2, 0.25) is 0 Å². The normalized spacial score (nSPS) is 16.2. The van der Waals surface area contributed by atoms with E-state index in [9.17, 15) is 0 Å². The van der Waals surface area contributed by atoms with Crippen LogP contribution in [-0.4, -0.2) is 22.6 Å². The van der Waals surface area contributed by atoms with E-state index in [4.69, 9.17) is 11.5 Å². The van der Waals surface area contributed by atoms with Gasteiger partial charge in [-0.2, -0.15) is 0 Å². The SMILES string of the molecule is CCn1c(N)nc2c(N3CCCCC3)c(N)ccc21. The number of piperidine rings is 1. The largest absolute Gasteiger partial charge is 0.397 e. The predicted octanol–water partition coefficient (Wildman–Crippen LogP) is 2.21. The number of hydrogen-bond acceptors (Lipinski definition) is 4. The monoisotopic (exact) mass is 259 g/mol. The van der Waals surface area contributed by atoms with E-state index in [1.165, 1.54) is 19.3 Å². The zero-order valence-electron chi connectivity index (χ0n) is 11.4. The zero-order valence-corrected chi connectivity index (χ0v) is 11.4. The summed E-state index contributed by atoms with van der Waals surface area (Å²) in [4.78, 5) is 6.89. The molecule has 2 heterocycles. The molecule has 0 unspecified atom stereocenters. The maximum absolute atomic E-state index is 6.19. The molecule has 0 atom stereocenters. The summed E-state index contributed by atoms with van der Waals surface area (Å²) < 4.78 is 2.03. The molecule has 102 valence electrons. The number of aryl methyl sites for hydroxylation is 1. The van der Waals surface area contributed by atoms with Crippen molar-refractivity contribution in [1.82, 2.24) is 9.55 Å². The van der Waals surface area contributed by atoms with Gasteiger partial charge in [0.2, 0.25) is 5.95 Å². The van der Waals surface area contributed by atoms with Crippen molar-refractivity contribution in [2.24, 2.45) is 0 Å². The lowest BCUT2D eigenvalue weighted by atomic mass is 10.1. The highest BCUT2D eigenvalue weighted by molar-refractivity contribution is 5.97. The average molecular weight is 259 g/mol. The standard InChI is InChI=1S/C14H21N5/c1-2-19-11-7-6-10(15)13(12(11)17-14(19)16)18-8-4-3-5-9-18/h6-7H,2-5,8-9,15H2,1H3,(H2,16,17). The molecule has 0 amide bonds. The molecule has 3 rings (SSSR count). The second-order valence-electron chi connectivity index (χ2n) is 5.13. The number of imidazole rings is 1. The Bertz CT molecular complexity index is 595. The van der Waals surface area contributed by atoms with Crippen LogP contribution in [0.3, 0.4) is 0 Å². The number of benzene rings is 1. The van der Waals surface area contributed by atoms with Crippen LogP contribution in [0.4, 0.5) is 17.3 Å². The number of aromatic nitrogens is 2. The van der Waals surface area contributed by atoms with Crippen molar-refractivity contribution < 1.29 is 0 Å². The van der Waals surface area contributed by atoms with Gasteiger partial charge in [-0.3, -0.25) is 0 Å². The fourth-order valence-electron chi connectivity index (χ4n) is 2.99. The van der Waals surface area contributed by atoms with Crippen molar-refractivity contribution >= 4 is 28.4 Å². The Morgan fingerprint density at radius 1 is 1.16 bits per heavy atom. The van der Waals surface area contributed by atoms with Gasteiger partial charge in [0.25, 0.3) is 0 Å². The first kappa shape index (κ1) is 12.1. The quantitative estimate of drug-likeness (QED) is 0.811. The highest BCUT2D eigenvalue weighted by atomic mass is 15.2. The zero-order chi connectivity index (χ0) is 13.4. The minimum Gasteiger partial charge on any atom is -0.397 e. The lowest BCUT2D eigenvalue weighted by molar-refractivity contribution is 0.579. The molecular weight excluding hydrogens is 238 g/mol. The Morgan fingerprint density at radius 2 is 1.89 bits per heavy atom. The van der Waals surface area contributed by atoms with Gasteiger partial charge in [-0.1, -0.05) is 0 Å². The Balaban J connectivity index is 2.18. The Kier molecular flexibility index (Phi) is 2.97. The lowest BCUT2D eigenvalue weighted by Crippen LogP contribution is -2.30. The number of nitrogens with zero attached hydrogens (tertiary/aromatic N) is 3. The maximum atomic E-state index is 6.19. The molecule has 1 saturated heterocycles. The van der Waals surface area contributed by atoms with E-state index in [0.29, 0.717) is 5.95 Å². The minimum atomic E-state index is 0.571. The first-order chi connectivity index (χ1) is 9.22. The van der Waals surface area contributed by atoms with Gasteiger partial charge < -0.3 is 20.9 Å². The predicted molar refractivity (Wildman–Crippen MR) is 80.3 cm³/mol. The first-order valence-electron chi connectivity index (χ1n) is 7.01. The van der Waals surface area contributed by atoms with Crippen LogP contribution < -0.4 is 16.4 Å². The summed E-state index contributed by atoms with van der Waals surface area (Å²) in [5.41, 5.74) is 16.1. The number of hydrogen-bond donors (Lipinski definition) is 2. The number of rotatable bonds is 2. The van der Waals surface area contributed by atoms with E-state index < -0.39 is 0 Å². The summed E-state index contributed by atoms with van der Waals surface area (Å²) in [7, 11) is 0. The molecule has 1 aliphatic heterocycles. The Morgan fingerprint density at radius 3 is 2.58 bits per heavy atom. The van der Waals surface area contributed by atoms with E-state index in [-0.39, 0.29) is 0 Å². The molecule has 1 fully saturated rings. The van der Waals surface area contributed by atoms with Gasteiger partial charge in [-0.25, -0.2) is 4.98 Å². The number of nitrogens with two attached hydrogens (primary N) is 2. The second kappa shape index (κ2) is 4.64. The molecule has 0 radical (unpaired) electrons. The van der Waals surface area contributed by atoms with Crippen molar-refractivity contribution in [3.05, 3.63) is 12.1 Å². The number of fused-ring (bicyclic) bond motifs is 1. The molecule has 1 aromatic carbocycles. The van der Waals surface area contributed by atoms with Crippen molar-refractivity contribution in [3.8, 4) is 0 Å². The first-order valence-corrected chi connectivity index (χ1v) is 7.01. The molecule has 19 heavy (non-hydrogen) atoms. The second-order valence-corrected chi connectivity index (χ2v) is 5.13. The number of anilines is 3. The van der Waals surface area contributed by atoms with E-state index in [2.05, 4.69) is 16.8 Å². The molecule has 0 aliphatic carbocycles. The summed E-state index contributed by atoms with van der Waals surface area (Å²) >= 11 is 0. The van der Waals surface area contributed by atoms with Gasteiger partial charge in [0.15, 0.2) is 0 Å². The molecule has 0 spiro atoms.